The van der Waals surface area contributed by atoms with Gasteiger partial charge in [-0.05, 0) is 48.8 Å². The number of ether oxygens (including phenoxy) is 1. The molecule has 0 radical (unpaired) electrons. The number of unbranched alkanes of at least 4 members (excludes halogenated alkanes) is 4. The third-order valence-electron chi connectivity index (χ3n) is 6.13. The molecule has 0 heterocycles. The maximum absolute atomic E-state index is 12.4. The Kier molecular flexibility index (Phi) is 12.3. The molecule has 180 valence electrons. The van der Waals surface area contributed by atoms with Crippen molar-refractivity contribution in [1.29, 1.82) is 0 Å². The lowest BCUT2D eigenvalue weighted by Gasteiger charge is -2.17. The zero-order chi connectivity index (χ0) is 23.9. The van der Waals surface area contributed by atoms with Crippen molar-refractivity contribution in [3.8, 4) is 0 Å². The van der Waals surface area contributed by atoms with Gasteiger partial charge in [0, 0.05) is 0 Å². The van der Waals surface area contributed by atoms with Crippen LogP contribution in [0.2, 0.25) is 0 Å². The molecule has 0 amide bonds. The second-order valence-electron chi connectivity index (χ2n) is 9.42. The van der Waals surface area contributed by atoms with E-state index in [4.69, 9.17) is 4.74 Å². The smallest absolute Gasteiger partial charge is 0.339 e. The van der Waals surface area contributed by atoms with E-state index in [-0.39, 0.29) is 11.1 Å². The number of aromatic carboxylic acids is 1. The highest BCUT2D eigenvalue weighted by Gasteiger charge is 2.17. The normalized spacial score (nSPS) is 12.0. The lowest BCUT2D eigenvalue weighted by molar-refractivity contribution is 0.0483. The average Bonchev–Trinajstić information content (AvgIpc) is 2.81. The van der Waals surface area contributed by atoms with Gasteiger partial charge >= 0.3 is 11.9 Å². The number of benzene rings is 2. The quantitative estimate of drug-likeness (QED) is 0.211. The summed E-state index contributed by atoms with van der Waals surface area (Å²) in [5.41, 5.74) is 1.45. The van der Waals surface area contributed by atoms with E-state index in [2.05, 4.69) is 38.1 Å². The molecule has 1 N–H and O–H groups in total. The Morgan fingerprint density at radius 1 is 0.758 bits per heavy atom. The predicted octanol–water partition coefficient (Wildman–Crippen LogP) is 7.57. The molecule has 0 saturated heterocycles. The van der Waals surface area contributed by atoms with Gasteiger partial charge in [0.2, 0.25) is 0 Å². The van der Waals surface area contributed by atoms with Crippen LogP contribution >= 0.6 is 0 Å². The topological polar surface area (TPSA) is 63.6 Å². The molecule has 0 aliphatic heterocycles. The molecule has 1 atom stereocenters. The van der Waals surface area contributed by atoms with Crippen LogP contribution in [0.3, 0.4) is 0 Å². The van der Waals surface area contributed by atoms with Gasteiger partial charge in [0.05, 0.1) is 17.7 Å². The summed E-state index contributed by atoms with van der Waals surface area (Å²) in [6, 6.07) is 16.8. The predicted molar refractivity (Wildman–Crippen MR) is 134 cm³/mol. The minimum atomic E-state index is -1.12. The monoisotopic (exact) mass is 452 g/mol. The first-order valence-electron chi connectivity index (χ1n) is 12.5. The van der Waals surface area contributed by atoms with Crippen LogP contribution in [0.15, 0.2) is 54.6 Å². The summed E-state index contributed by atoms with van der Waals surface area (Å²) in [5.74, 6) is -0.316. The minimum absolute atomic E-state index is 0.0159. The number of hydrogen-bond acceptors (Lipinski definition) is 3. The first-order valence-corrected chi connectivity index (χ1v) is 12.5. The van der Waals surface area contributed by atoms with E-state index >= 15 is 0 Å². The molecule has 4 nitrogen and oxygen atoms in total. The van der Waals surface area contributed by atoms with Crippen molar-refractivity contribution in [2.45, 2.75) is 78.1 Å². The van der Waals surface area contributed by atoms with E-state index in [1.165, 1.54) is 62.6 Å². The third-order valence-corrected chi connectivity index (χ3v) is 6.13. The van der Waals surface area contributed by atoms with Crippen molar-refractivity contribution in [2.75, 3.05) is 6.61 Å². The second kappa shape index (κ2) is 15.3. The fourth-order valence-electron chi connectivity index (χ4n) is 4.27. The molecule has 0 saturated carbocycles. The van der Waals surface area contributed by atoms with E-state index in [0.717, 1.165) is 25.2 Å². The molecule has 0 spiro atoms. The third kappa shape index (κ3) is 10.7. The Balaban J connectivity index is 1.77. The lowest BCUT2D eigenvalue weighted by atomic mass is 9.89. The molecule has 2 aromatic rings. The molecule has 1 unspecified atom stereocenters. The number of rotatable bonds is 16. The van der Waals surface area contributed by atoms with Crippen LogP contribution in [0.5, 0.6) is 0 Å². The second-order valence-corrected chi connectivity index (χ2v) is 9.42. The van der Waals surface area contributed by atoms with Crippen molar-refractivity contribution >= 4 is 11.9 Å². The van der Waals surface area contributed by atoms with Gasteiger partial charge in [0.25, 0.3) is 0 Å². The molecule has 0 bridgehead atoms. The SMILES string of the molecule is CC(C)CCCCCCCC(CCCOC(=O)c1ccccc1C(=O)O)Cc1ccccc1. The van der Waals surface area contributed by atoms with Crippen molar-refractivity contribution in [2.24, 2.45) is 11.8 Å². The number of hydrogen-bond donors (Lipinski definition) is 1. The average molecular weight is 453 g/mol. The van der Waals surface area contributed by atoms with Crippen LogP contribution in [-0.2, 0) is 11.2 Å². The van der Waals surface area contributed by atoms with E-state index in [1.807, 2.05) is 6.07 Å². The van der Waals surface area contributed by atoms with Gasteiger partial charge in [-0.2, -0.15) is 0 Å². The van der Waals surface area contributed by atoms with Crippen LogP contribution in [0.25, 0.3) is 0 Å². The largest absolute Gasteiger partial charge is 0.478 e. The number of carbonyl (C=O) groups is 2. The molecular weight excluding hydrogens is 412 g/mol. The summed E-state index contributed by atoms with van der Waals surface area (Å²) in [7, 11) is 0. The summed E-state index contributed by atoms with van der Waals surface area (Å²) in [6.07, 6.45) is 11.8. The summed E-state index contributed by atoms with van der Waals surface area (Å²) in [6.45, 7) is 4.89. The van der Waals surface area contributed by atoms with Gasteiger partial charge in [-0.25, -0.2) is 9.59 Å². The molecule has 0 aliphatic rings. The fraction of sp³-hybridized carbons (Fsp3) is 0.517. The Labute approximate surface area is 199 Å². The summed E-state index contributed by atoms with van der Waals surface area (Å²) >= 11 is 0. The standard InChI is InChI=1S/C29H40O4/c1-23(2)14-7-4-3-5-8-15-25(22-24-16-9-6-10-17-24)18-13-21-33-29(32)27-20-12-11-19-26(27)28(30)31/h6,9-12,16-17,19-20,23,25H,3-5,7-8,13-15,18,21-22H2,1-2H3,(H,30,31). The molecule has 0 aliphatic carbocycles. The first kappa shape index (κ1) is 26.6. The van der Waals surface area contributed by atoms with Crippen LogP contribution < -0.4 is 0 Å². The Bertz CT molecular complexity index is 829. The maximum Gasteiger partial charge on any atom is 0.339 e. The van der Waals surface area contributed by atoms with Gasteiger partial charge in [0.15, 0.2) is 0 Å². The fourth-order valence-corrected chi connectivity index (χ4v) is 4.27. The summed E-state index contributed by atoms with van der Waals surface area (Å²) in [5, 5.41) is 9.27. The van der Waals surface area contributed by atoms with E-state index < -0.39 is 11.9 Å². The minimum Gasteiger partial charge on any atom is -0.478 e. The van der Waals surface area contributed by atoms with E-state index in [9.17, 15) is 14.7 Å². The molecule has 0 fully saturated rings. The van der Waals surface area contributed by atoms with Crippen molar-refractivity contribution in [3.63, 3.8) is 0 Å². The van der Waals surface area contributed by atoms with Crippen molar-refractivity contribution < 1.29 is 19.4 Å². The molecule has 2 aromatic carbocycles. The zero-order valence-corrected chi connectivity index (χ0v) is 20.3. The molecule has 4 heteroatoms. The van der Waals surface area contributed by atoms with Crippen molar-refractivity contribution in [1.82, 2.24) is 0 Å². The summed E-state index contributed by atoms with van der Waals surface area (Å²) < 4.78 is 5.41. The highest BCUT2D eigenvalue weighted by Crippen LogP contribution is 2.22. The van der Waals surface area contributed by atoms with Crippen LogP contribution in [0.4, 0.5) is 0 Å². The number of carbonyl (C=O) groups excluding carboxylic acids is 1. The summed E-state index contributed by atoms with van der Waals surface area (Å²) in [4.78, 5) is 23.7. The Morgan fingerprint density at radius 2 is 1.33 bits per heavy atom. The first-order chi connectivity index (χ1) is 16.0. The molecule has 0 aromatic heterocycles. The lowest BCUT2D eigenvalue weighted by Crippen LogP contribution is -2.13. The van der Waals surface area contributed by atoms with Crippen LogP contribution in [0.1, 0.15) is 97.9 Å². The molecule has 33 heavy (non-hydrogen) atoms. The molecule has 2 rings (SSSR count). The van der Waals surface area contributed by atoms with Crippen LogP contribution in [0, 0.1) is 11.8 Å². The number of carboxylic acid groups (broad SMARTS) is 1. The zero-order valence-electron chi connectivity index (χ0n) is 20.3. The van der Waals surface area contributed by atoms with Gasteiger partial charge in [-0.15, -0.1) is 0 Å². The maximum atomic E-state index is 12.4. The highest BCUT2D eigenvalue weighted by atomic mass is 16.5. The highest BCUT2D eigenvalue weighted by molar-refractivity contribution is 6.02. The van der Waals surface area contributed by atoms with Gasteiger partial charge < -0.3 is 9.84 Å². The molecular formula is C29H40O4. The number of esters is 1. The number of carboxylic acids is 1. The van der Waals surface area contributed by atoms with Gasteiger partial charge in [0.1, 0.15) is 0 Å². The Morgan fingerprint density at radius 3 is 2.00 bits per heavy atom. The van der Waals surface area contributed by atoms with Crippen LogP contribution in [-0.4, -0.2) is 23.7 Å². The van der Waals surface area contributed by atoms with E-state index in [0.29, 0.717) is 12.5 Å². The van der Waals surface area contributed by atoms with E-state index in [1.54, 1.807) is 12.1 Å². The van der Waals surface area contributed by atoms with Gasteiger partial charge in [-0.1, -0.05) is 101 Å². The van der Waals surface area contributed by atoms with Crippen molar-refractivity contribution in [3.05, 3.63) is 71.3 Å². The Hall–Kier alpha value is -2.62. The van der Waals surface area contributed by atoms with Gasteiger partial charge in [-0.3, -0.25) is 0 Å².